The Hall–Kier alpha value is -1.59. The molecule has 2 rings (SSSR count). The Morgan fingerprint density at radius 3 is 2.39 bits per heavy atom. The highest BCUT2D eigenvalue weighted by atomic mass is 16.7. The zero-order chi connectivity index (χ0) is 16.8. The summed E-state index contributed by atoms with van der Waals surface area (Å²) in [5.41, 5.74) is 2.13. The quantitative estimate of drug-likeness (QED) is 0.778. The van der Waals surface area contributed by atoms with E-state index in [1.165, 1.54) is 51.9 Å². The SMILES string of the molecule is COC(OC)C(Oc1cc(C2CCCCC2)ccc1C)C(=O)O. The standard InChI is InChI=1S/C18H26O5/c1-12-9-10-14(13-7-5-4-6-8-13)11-15(12)23-16(17(19)20)18(21-2)22-3/h9-11,13,16,18H,4-8H2,1-3H3,(H,19,20). The maximum atomic E-state index is 11.5. The Morgan fingerprint density at radius 2 is 1.83 bits per heavy atom. The molecule has 1 atom stereocenters. The van der Waals surface area contributed by atoms with Crippen LogP contribution in [0.5, 0.6) is 5.75 Å². The van der Waals surface area contributed by atoms with Crippen LogP contribution < -0.4 is 4.74 Å². The smallest absolute Gasteiger partial charge is 0.350 e. The summed E-state index contributed by atoms with van der Waals surface area (Å²) >= 11 is 0. The first-order valence-corrected chi connectivity index (χ1v) is 8.12. The van der Waals surface area contributed by atoms with Gasteiger partial charge in [0.25, 0.3) is 0 Å². The molecular weight excluding hydrogens is 296 g/mol. The summed E-state index contributed by atoms with van der Waals surface area (Å²) in [6.07, 6.45) is 4.02. The molecule has 1 unspecified atom stereocenters. The lowest BCUT2D eigenvalue weighted by molar-refractivity contribution is -0.182. The number of hydrogen-bond donors (Lipinski definition) is 1. The number of aliphatic carboxylic acids is 1. The number of carboxylic acid groups (broad SMARTS) is 1. The van der Waals surface area contributed by atoms with E-state index in [0.717, 1.165) is 5.56 Å². The van der Waals surface area contributed by atoms with E-state index >= 15 is 0 Å². The second kappa shape index (κ2) is 8.31. The highest BCUT2D eigenvalue weighted by molar-refractivity contribution is 5.73. The monoisotopic (exact) mass is 322 g/mol. The molecule has 0 heterocycles. The lowest BCUT2D eigenvalue weighted by atomic mass is 9.84. The van der Waals surface area contributed by atoms with Crippen LogP contribution in [0.3, 0.4) is 0 Å². The highest BCUT2D eigenvalue weighted by Gasteiger charge is 2.31. The van der Waals surface area contributed by atoms with Crippen molar-refractivity contribution in [2.45, 2.75) is 57.3 Å². The van der Waals surface area contributed by atoms with Crippen LogP contribution in [0.1, 0.15) is 49.1 Å². The van der Waals surface area contributed by atoms with Crippen molar-refractivity contribution in [2.24, 2.45) is 0 Å². The first kappa shape index (κ1) is 17.8. The molecule has 23 heavy (non-hydrogen) atoms. The summed E-state index contributed by atoms with van der Waals surface area (Å²) in [4.78, 5) is 11.5. The molecule has 0 aliphatic heterocycles. The molecular formula is C18H26O5. The van der Waals surface area contributed by atoms with Crippen LogP contribution in [-0.4, -0.2) is 37.7 Å². The van der Waals surface area contributed by atoms with E-state index in [-0.39, 0.29) is 0 Å². The Morgan fingerprint density at radius 1 is 1.17 bits per heavy atom. The summed E-state index contributed by atoms with van der Waals surface area (Å²) in [6, 6.07) is 6.09. The molecule has 0 bridgehead atoms. The number of methoxy groups -OCH3 is 2. The lowest BCUT2D eigenvalue weighted by Gasteiger charge is -2.25. The number of aryl methyl sites for hydroxylation is 1. The van der Waals surface area contributed by atoms with Gasteiger partial charge in [0, 0.05) is 14.2 Å². The van der Waals surface area contributed by atoms with Crippen LogP contribution in [0.25, 0.3) is 0 Å². The van der Waals surface area contributed by atoms with Gasteiger partial charge in [-0.15, -0.1) is 0 Å². The second-order valence-electron chi connectivity index (χ2n) is 6.08. The molecule has 0 spiro atoms. The van der Waals surface area contributed by atoms with Gasteiger partial charge < -0.3 is 19.3 Å². The average Bonchev–Trinajstić information content (AvgIpc) is 2.57. The van der Waals surface area contributed by atoms with Gasteiger partial charge in [-0.25, -0.2) is 4.79 Å². The molecule has 1 fully saturated rings. The van der Waals surface area contributed by atoms with Gasteiger partial charge in [0.05, 0.1) is 0 Å². The normalized spacial score (nSPS) is 17.2. The first-order chi connectivity index (χ1) is 11.1. The molecule has 5 heteroatoms. The fourth-order valence-corrected chi connectivity index (χ4v) is 3.14. The second-order valence-corrected chi connectivity index (χ2v) is 6.08. The summed E-state index contributed by atoms with van der Waals surface area (Å²) < 4.78 is 15.8. The fraction of sp³-hybridized carbons (Fsp3) is 0.611. The number of rotatable bonds is 7. The van der Waals surface area contributed by atoms with Gasteiger partial charge in [-0.3, -0.25) is 0 Å². The Bertz CT molecular complexity index is 518. The minimum absolute atomic E-state index is 0.538. The fourth-order valence-electron chi connectivity index (χ4n) is 3.14. The molecule has 1 N–H and O–H groups in total. The van der Waals surface area contributed by atoms with Crippen molar-refractivity contribution >= 4 is 5.97 Å². The number of carboxylic acids is 1. The molecule has 1 aromatic carbocycles. The van der Waals surface area contributed by atoms with Crippen LogP contribution in [0, 0.1) is 6.92 Å². The lowest BCUT2D eigenvalue weighted by Crippen LogP contribution is -2.41. The van der Waals surface area contributed by atoms with Crippen molar-refractivity contribution in [1.82, 2.24) is 0 Å². The third kappa shape index (κ3) is 4.45. The molecule has 1 saturated carbocycles. The largest absolute Gasteiger partial charge is 0.478 e. The van der Waals surface area contributed by atoms with Gasteiger partial charge in [-0.1, -0.05) is 31.4 Å². The molecule has 0 saturated heterocycles. The number of ether oxygens (including phenoxy) is 3. The van der Waals surface area contributed by atoms with E-state index in [1.54, 1.807) is 0 Å². The zero-order valence-electron chi connectivity index (χ0n) is 14.1. The molecule has 1 aromatic rings. The van der Waals surface area contributed by atoms with Crippen molar-refractivity contribution in [3.63, 3.8) is 0 Å². The number of hydrogen-bond acceptors (Lipinski definition) is 4. The summed E-state index contributed by atoms with van der Waals surface area (Å²) in [5.74, 6) is 0.0105. The van der Waals surface area contributed by atoms with Crippen molar-refractivity contribution in [1.29, 1.82) is 0 Å². The molecule has 0 amide bonds. The van der Waals surface area contributed by atoms with Crippen LogP contribution in [0.4, 0.5) is 0 Å². The maximum Gasteiger partial charge on any atom is 0.350 e. The molecule has 1 aliphatic carbocycles. The molecule has 0 radical (unpaired) electrons. The third-order valence-corrected chi connectivity index (χ3v) is 4.50. The first-order valence-electron chi connectivity index (χ1n) is 8.12. The predicted octanol–water partition coefficient (Wildman–Crippen LogP) is 3.49. The van der Waals surface area contributed by atoms with Crippen molar-refractivity contribution < 1.29 is 24.1 Å². The van der Waals surface area contributed by atoms with Crippen molar-refractivity contribution in [3.8, 4) is 5.75 Å². The van der Waals surface area contributed by atoms with Crippen molar-refractivity contribution in [3.05, 3.63) is 29.3 Å². The highest BCUT2D eigenvalue weighted by Crippen LogP contribution is 2.35. The van der Waals surface area contributed by atoms with E-state index in [2.05, 4.69) is 6.07 Å². The average molecular weight is 322 g/mol. The molecule has 1 aliphatic rings. The van der Waals surface area contributed by atoms with Gasteiger partial charge in [0.1, 0.15) is 5.75 Å². The Labute approximate surface area is 137 Å². The van der Waals surface area contributed by atoms with Crippen LogP contribution in [-0.2, 0) is 14.3 Å². The Kier molecular flexibility index (Phi) is 6.42. The zero-order valence-corrected chi connectivity index (χ0v) is 14.1. The van der Waals surface area contributed by atoms with E-state index in [1.807, 2.05) is 19.1 Å². The van der Waals surface area contributed by atoms with Gasteiger partial charge in [-0.05, 0) is 42.9 Å². The third-order valence-electron chi connectivity index (χ3n) is 4.50. The van der Waals surface area contributed by atoms with E-state index in [9.17, 15) is 9.90 Å². The van der Waals surface area contributed by atoms with E-state index in [0.29, 0.717) is 11.7 Å². The maximum absolute atomic E-state index is 11.5. The number of benzene rings is 1. The van der Waals surface area contributed by atoms with Crippen molar-refractivity contribution in [2.75, 3.05) is 14.2 Å². The summed E-state index contributed by atoms with van der Waals surface area (Å²) in [7, 11) is 2.80. The molecule has 0 aromatic heterocycles. The van der Waals surface area contributed by atoms with Gasteiger partial charge in [-0.2, -0.15) is 0 Å². The predicted molar refractivity (Wildman–Crippen MR) is 86.9 cm³/mol. The molecule has 5 nitrogen and oxygen atoms in total. The molecule has 128 valence electrons. The van der Waals surface area contributed by atoms with Crippen LogP contribution in [0.2, 0.25) is 0 Å². The van der Waals surface area contributed by atoms with Crippen LogP contribution in [0.15, 0.2) is 18.2 Å². The van der Waals surface area contributed by atoms with E-state index < -0.39 is 18.4 Å². The number of carbonyl (C=O) groups is 1. The van der Waals surface area contributed by atoms with Gasteiger partial charge in [0.15, 0.2) is 0 Å². The van der Waals surface area contributed by atoms with Gasteiger partial charge in [0.2, 0.25) is 12.4 Å². The minimum Gasteiger partial charge on any atom is -0.478 e. The van der Waals surface area contributed by atoms with E-state index in [4.69, 9.17) is 14.2 Å². The van der Waals surface area contributed by atoms with Gasteiger partial charge >= 0.3 is 5.97 Å². The summed E-state index contributed by atoms with van der Waals surface area (Å²) in [5, 5.41) is 9.39. The minimum atomic E-state index is -1.20. The summed E-state index contributed by atoms with van der Waals surface area (Å²) in [6.45, 7) is 1.91. The van der Waals surface area contributed by atoms with Crippen LogP contribution >= 0.6 is 0 Å². The Balaban J connectivity index is 2.21. The topological polar surface area (TPSA) is 65.0 Å².